The number of anilines is 1. The number of amides is 2. The maximum Gasteiger partial charge on any atom is 0.416 e. The van der Waals surface area contributed by atoms with E-state index in [1.807, 2.05) is 0 Å². The van der Waals surface area contributed by atoms with Crippen molar-refractivity contribution in [1.29, 1.82) is 0 Å². The van der Waals surface area contributed by atoms with Gasteiger partial charge in [0.05, 0.1) is 36.4 Å². The number of ether oxygens (including phenoxy) is 3. The van der Waals surface area contributed by atoms with Gasteiger partial charge in [-0.15, -0.1) is 11.3 Å². The second-order valence-electron chi connectivity index (χ2n) is 11.3. The van der Waals surface area contributed by atoms with Crippen LogP contribution in [0.5, 0.6) is 0 Å². The van der Waals surface area contributed by atoms with Gasteiger partial charge < -0.3 is 24.4 Å². The molecule has 268 valence electrons. The van der Waals surface area contributed by atoms with Crippen molar-refractivity contribution in [1.82, 2.24) is 4.90 Å². The second kappa shape index (κ2) is 16.5. The van der Waals surface area contributed by atoms with Crippen LogP contribution in [0.2, 0.25) is 0 Å². The van der Waals surface area contributed by atoms with Gasteiger partial charge in [0.2, 0.25) is 5.41 Å². The summed E-state index contributed by atoms with van der Waals surface area (Å²) in [6.45, 7) is 2.38. The summed E-state index contributed by atoms with van der Waals surface area (Å²) in [5.74, 6) is -3.82. The smallest absolute Gasteiger partial charge is 0.416 e. The van der Waals surface area contributed by atoms with Crippen molar-refractivity contribution >= 4 is 46.7 Å². The van der Waals surface area contributed by atoms with E-state index in [-0.39, 0.29) is 41.3 Å². The number of benzene rings is 3. The average molecular weight is 725 g/mol. The first-order chi connectivity index (χ1) is 24.2. The minimum atomic E-state index is -4.52. The molecule has 2 amide bonds. The molecule has 0 atom stereocenters. The van der Waals surface area contributed by atoms with Gasteiger partial charge >= 0.3 is 24.1 Å². The van der Waals surface area contributed by atoms with Crippen molar-refractivity contribution in [2.45, 2.75) is 31.9 Å². The first-order valence-electron chi connectivity index (χ1n) is 15.7. The van der Waals surface area contributed by atoms with Crippen molar-refractivity contribution in [2.75, 3.05) is 39.2 Å². The molecule has 0 saturated carbocycles. The Bertz CT molecular complexity index is 1870. The molecule has 1 aromatic heterocycles. The molecule has 14 heteroatoms. The summed E-state index contributed by atoms with van der Waals surface area (Å²) in [6.07, 6.45) is -4.89. The Kier molecular flexibility index (Phi) is 12.4. The molecule has 1 N–H and O–H groups in total. The van der Waals surface area contributed by atoms with Crippen molar-refractivity contribution in [3.8, 4) is 11.1 Å². The first kappa shape index (κ1) is 38.3. The molecule has 0 spiro atoms. The van der Waals surface area contributed by atoms with Crippen molar-refractivity contribution in [2.24, 2.45) is 0 Å². The lowest BCUT2D eigenvalue weighted by Crippen LogP contribution is -2.50. The Morgan fingerprint density at radius 1 is 0.784 bits per heavy atom. The van der Waals surface area contributed by atoms with Crippen LogP contribution in [0.4, 0.5) is 18.9 Å². The van der Waals surface area contributed by atoms with Crippen LogP contribution in [0.15, 0.2) is 84.2 Å². The van der Waals surface area contributed by atoms with Gasteiger partial charge in [0.15, 0.2) is 0 Å². The maximum atomic E-state index is 13.6. The fourth-order valence-corrected chi connectivity index (χ4v) is 5.99. The Morgan fingerprint density at radius 2 is 1.43 bits per heavy atom. The fraction of sp³-hybridized carbons (Fsp3) is 0.270. The van der Waals surface area contributed by atoms with Gasteiger partial charge in [0.1, 0.15) is 6.61 Å². The maximum absolute atomic E-state index is 13.6. The van der Waals surface area contributed by atoms with Gasteiger partial charge in [-0.1, -0.05) is 42.5 Å². The lowest BCUT2D eigenvalue weighted by molar-refractivity contribution is -0.170. The van der Waals surface area contributed by atoms with Crippen LogP contribution in [0.25, 0.3) is 11.1 Å². The number of nitrogens with one attached hydrogen (secondary N) is 1. The Labute approximate surface area is 296 Å². The summed E-state index contributed by atoms with van der Waals surface area (Å²) in [5.41, 5.74) is -1.52. The molecule has 0 saturated heterocycles. The molecule has 0 bridgehead atoms. The topological polar surface area (TPSA) is 128 Å². The van der Waals surface area contributed by atoms with E-state index in [1.54, 1.807) is 49.6 Å². The molecule has 51 heavy (non-hydrogen) atoms. The molecule has 10 nitrogen and oxygen atoms in total. The van der Waals surface area contributed by atoms with E-state index in [1.165, 1.54) is 55.4 Å². The summed E-state index contributed by atoms with van der Waals surface area (Å²) < 4.78 is 55.3. The van der Waals surface area contributed by atoms with Gasteiger partial charge in [-0.05, 0) is 72.3 Å². The SMILES string of the molecule is CCOC(=O)C(COC(=O)Cc1ccc(NC(=O)c2ccccc2-c2ccc(C(F)(F)F)cc2)c(C(=O)N(C)C)c1)(C(=O)OCC)c1cccs1. The first-order valence-corrected chi connectivity index (χ1v) is 16.6. The lowest BCUT2D eigenvalue weighted by Gasteiger charge is -2.27. The van der Waals surface area contributed by atoms with Gasteiger partial charge in [-0.2, -0.15) is 13.2 Å². The van der Waals surface area contributed by atoms with Crippen LogP contribution in [0.1, 0.15) is 50.6 Å². The number of halogens is 3. The number of thiophene rings is 1. The van der Waals surface area contributed by atoms with Crippen molar-refractivity contribution in [3.05, 3.63) is 111 Å². The predicted molar refractivity (Wildman–Crippen MR) is 183 cm³/mol. The van der Waals surface area contributed by atoms with Crippen LogP contribution in [0.3, 0.4) is 0 Å². The molecule has 4 aromatic rings. The summed E-state index contributed by atoms with van der Waals surface area (Å²) >= 11 is 1.10. The number of hydrogen-bond acceptors (Lipinski definition) is 9. The second-order valence-corrected chi connectivity index (χ2v) is 12.3. The predicted octanol–water partition coefficient (Wildman–Crippen LogP) is 6.54. The highest BCUT2D eigenvalue weighted by atomic mass is 32.1. The largest absolute Gasteiger partial charge is 0.465 e. The van der Waals surface area contributed by atoms with E-state index in [9.17, 15) is 37.1 Å². The average Bonchev–Trinajstić information content (AvgIpc) is 3.64. The Hall–Kier alpha value is -5.50. The summed E-state index contributed by atoms with van der Waals surface area (Å²) in [7, 11) is 3.01. The molecular weight excluding hydrogens is 689 g/mol. The minimum Gasteiger partial charge on any atom is -0.465 e. The standard InChI is InChI=1S/C37H35F3N2O8S/c1-5-48-34(46)36(35(47)49-6-2,30-12-9-19-51-30)22-50-31(43)21-23-13-18-29(28(20-23)33(45)42(3)4)41-32(44)27-11-8-7-10-26(27)24-14-16-25(17-15-24)37(38,39)40/h7-20H,5-6,21-22H2,1-4H3,(H,41,44). The van der Waals surface area contributed by atoms with E-state index in [4.69, 9.17) is 14.2 Å². The minimum absolute atomic E-state index is 0.0362. The Morgan fingerprint density at radius 3 is 2.00 bits per heavy atom. The Balaban J connectivity index is 1.59. The lowest BCUT2D eigenvalue weighted by atomic mass is 9.87. The number of rotatable bonds is 13. The molecule has 0 aliphatic rings. The number of carbonyl (C=O) groups excluding carboxylic acids is 5. The monoisotopic (exact) mass is 724 g/mol. The molecule has 1 heterocycles. The van der Waals surface area contributed by atoms with Gasteiger partial charge in [0, 0.05) is 24.5 Å². The number of nitrogens with zero attached hydrogens (tertiary/aromatic N) is 1. The quantitative estimate of drug-likeness (QED) is 0.0936. The highest BCUT2D eigenvalue weighted by Gasteiger charge is 2.53. The van der Waals surface area contributed by atoms with E-state index in [2.05, 4.69) is 5.32 Å². The zero-order valence-electron chi connectivity index (χ0n) is 28.2. The summed E-state index contributed by atoms with van der Waals surface area (Å²) in [6, 6.07) is 18.2. The molecule has 0 unspecified atom stereocenters. The highest BCUT2D eigenvalue weighted by Crippen LogP contribution is 2.34. The normalized spacial score (nSPS) is 11.4. The van der Waals surface area contributed by atoms with Crippen LogP contribution < -0.4 is 5.32 Å². The van der Waals surface area contributed by atoms with Crippen LogP contribution in [0, 0.1) is 0 Å². The van der Waals surface area contributed by atoms with E-state index >= 15 is 0 Å². The van der Waals surface area contributed by atoms with E-state index in [0.29, 0.717) is 16.7 Å². The zero-order chi connectivity index (χ0) is 37.3. The van der Waals surface area contributed by atoms with Gasteiger partial charge in [-0.25, -0.2) is 0 Å². The molecule has 0 aliphatic carbocycles. The summed E-state index contributed by atoms with van der Waals surface area (Å²) in [5, 5.41) is 4.37. The number of esters is 3. The molecule has 0 fully saturated rings. The molecule has 0 radical (unpaired) electrons. The van der Waals surface area contributed by atoms with Crippen LogP contribution in [-0.4, -0.2) is 68.5 Å². The third-order valence-corrected chi connectivity index (χ3v) is 8.68. The van der Waals surface area contributed by atoms with E-state index < -0.39 is 53.5 Å². The highest BCUT2D eigenvalue weighted by molar-refractivity contribution is 7.10. The molecule has 4 rings (SSSR count). The van der Waals surface area contributed by atoms with Crippen LogP contribution in [-0.2, 0) is 46.6 Å². The van der Waals surface area contributed by atoms with Crippen molar-refractivity contribution < 1.29 is 51.4 Å². The molecular formula is C37H35F3N2O8S. The fourth-order valence-electron chi connectivity index (χ4n) is 5.10. The van der Waals surface area contributed by atoms with Gasteiger partial charge in [-0.3, -0.25) is 24.0 Å². The third-order valence-electron chi connectivity index (χ3n) is 7.65. The third kappa shape index (κ3) is 8.81. The summed E-state index contributed by atoms with van der Waals surface area (Å²) in [4.78, 5) is 67.9. The number of hydrogen-bond donors (Lipinski definition) is 1. The zero-order valence-corrected chi connectivity index (χ0v) is 29.0. The van der Waals surface area contributed by atoms with E-state index in [0.717, 1.165) is 23.5 Å². The number of alkyl halides is 3. The van der Waals surface area contributed by atoms with Crippen LogP contribution >= 0.6 is 11.3 Å². The number of carbonyl (C=O) groups is 5. The van der Waals surface area contributed by atoms with Crippen molar-refractivity contribution in [3.63, 3.8) is 0 Å². The van der Waals surface area contributed by atoms with Gasteiger partial charge in [0.25, 0.3) is 11.8 Å². The molecule has 3 aromatic carbocycles. The molecule has 0 aliphatic heterocycles.